The smallest absolute Gasteiger partial charge is 0.317 e. The van der Waals surface area contributed by atoms with Crippen LogP contribution in [0.5, 0.6) is 0 Å². The van der Waals surface area contributed by atoms with Crippen LogP contribution < -0.4 is 5.32 Å². The number of hydrogen-bond donors (Lipinski definition) is 1. The van der Waals surface area contributed by atoms with E-state index in [0.29, 0.717) is 39.0 Å². The molecule has 0 spiro atoms. The van der Waals surface area contributed by atoms with Crippen molar-refractivity contribution in [2.45, 2.75) is 38.6 Å². The van der Waals surface area contributed by atoms with Crippen molar-refractivity contribution in [2.75, 3.05) is 31.9 Å². The Morgan fingerprint density at radius 1 is 1.36 bits per heavy atom. The summed E-state index contributed by atoms with van der Waals surface area (Å²) < 4.78 is 25.8. The fraction of sp³-hybridized carbons (Fsp3) is 0.647. The number of likely N-dealkylation sites (tertiary alicyclic amines) is 1. The molecule has 0 saturated carbocycles. The first-order valence-electron chi connectivity index (χ1n) is 8.90. The van der Waals surface area contributed by atoms with Gasteiger partial charge in [0, 0.05) is 50.5 Å². The SMILES string of the molecule is Cc1cccnc1CCNC(=O)N1CCCC(N2CCCS2(=O)=O)C1. The van der Waals surface area contributed by atoms with E-state index in [0.717, 1.165) is 24.1 Å². The molecule has 2 saturated heterocycles. The van der Waals surface area contributed by atoms with Crippen LogP contribution >= 0.6 is 0 Å². The summed E-state index contributed by atoms with van der Waals surface area (Å²) in [4.78, 5) is 18.5. The van der Waals surface area contributed by atoms with Crippen molar-refractivity contribution in [2.24, 2.45) is 0 Å². The maximum absolute atomic E-state index is 12.4. The molecule has 0 radical (unpaired) electrons. The fourth-order valence-electron chi connectivity index (χ4n) is 3.62. The highest BCUT2D eigenvalue weighted by atomic mass is 32.2. The largest absolute Gasteiger partial charge is 0.338 e. The third kappa shape index (κ3) is 4.30. The lowest BCUT2D eigenvalue weighted by atomic mass is 10.1. The van der Waals surface area contributed by atoms with Crippen LogP contribution in [0.4, 0.5) is 4.79 Å². The number of aromatic nitrogens is 1. The van der Waals surface area contributed by atoms with Gasteiger partial charge in [-0.05, 0) is 37.8 Å². The van der Waals surface area contributed by atoms with Crippen LogP contribution in [0.2, 0.25) is 0 Å². The van der Waals surface area contributed by atoms with Crippen LogP contribution in [0.25, 0.3) is 0 Å². The van der Waals surface area contributed by atoms with E-state index in [2.05, 4.69) is 10.3 Å². The van der Waals surface area contributed by atoms with E-state index >= 15 is 0 Å². The van der Waals surface area contributed by atoms with Gasteiger partial charge in [-0.1, -0.05) is 6.07 Å². The first kappa shape index (κ1) is 18.1. The van der Waals surface area contributed by atoms with Crippen LogP contribution in [0, 0.1) is 6.92 Å². The van der Waals surface area contributed by atoms with E-state index in [1.807, 2.05) is 19.1 Å². The maximum Gasteiger partial charge on any atom is 0.317 e. The molecular formula is C17H26N4O3S. The standard InChI is InChI=1S/C17H26N4O3S/c1-14-5-2-8-18-16(14)7-9-19-17(22)20-10-3-6-15(13-20)21-11-4-12-25(21,23)24/h2,5,8,15H,3-4,6-7,9-13H2,1H3,(H,19,22). The number of aryl methyl sites for hydroxylation is 1. The minimum atomic E-state index is -3.13. The zero-order valence-corrected chi connectivity index (χ0v) is 15.5. The van der Waals surface area contributed by atoms with Gasteiger partial charge in [0.25, 0.3) is 0 Å². The van der Waals surface area contributed by atoms with Gasteiger partial charge in [-0.3, -0.25) is 4.98 Å². The number of rotatable bonds is 4. The van der Waals surface area contributed by atoms with Crippen LogP contribution in [-0.2, 0) is 16.4 Å². The number of carbonyl (C=O) groups excluding carboxylic acids is 1. The molecule has 1 atom stereocenters. The number of nitrogens with one attached hydrogen (secondary N) is 1. The van der Waals surface area contributed by atoms with Crippen molar-refractivity contribution < 1.29 is 13.2 Å². The second-order valence-corrected chi connectivity index (χ2v) is 8.81. The Kier molecular flexibility index (Phi) is 5.58. The maximum atomic E-state index is 12.4. The number of amides is 2. The highest BCUT2D eigenvalue weighted by Crippen LogP contribution is 2.23. The van der Waals surface area contributed by atoms with Crippen LogP contribution in [0.1, 0.15) is 30.5 Å². The molecular weight excluding hydrogens is 340 g/mol. The number of urea groups is 1. The Labute approximate surface area is 149 Å². The number of pyridine rings is 1. The molecule has 2 aliphatic heterocycles. The molecule has 2 amide bonds. The molecule has 1 aromatic heterocycles. The zero-order valence-electron chi connectivity index (χ0n) is 14.6. The van der Waals surface area contributed by atoms with Crippen LogP contribution in [-0.4, -0.2) is 66.6 Å². The molecule has 0 aromatic carbocycles. The summed E-state index contributed by atoms with van der Waals surface area (Å²) in [5, 5.41) is 2.94. The summed E-state index contributed by atoms with van der Waals surface area (Å²) >= 11 is 0. The molecule has 3 rings (SSSR count). The molecule has 138 valence electrons. The highest BCUT2D eigenvalue weighted by molar-refractivity contribution is 7.89. The first-order chi connectivity index (χ1) is 12.0. The van der Waals surface area contributed by atoms with Crippen LogP contribution in [0.3, 0.4) is 0 Å². The summed E-state index contributed by atoms with van der Waals surface area (Å²) in [6.07, 6.45) is 4.81. The molecule has 1 N–H and O–H groups in total. The monoisotopic (exact) mass is 366 g/mol. The molecule has 0 bridgehead atoms. The topological polar surface area (TPSA) is 82.6 Å². The summed E-state index contributed by atoms with van der Waals surface area (Å²) in [5.41, 5.74) is 2.11. The molecule has 2 fully saturated rings. The Bertz CT molecular complexity index is 722. The third-order valence-corrected chi connectivity index (χ3v) is 6.98. The van der Waals surface area contributed by atoms with Crippen molar-refractivity contribution in [3.63, 3.8) is 0 Å². The minimum Gasteiger partial charge on any atom is -0.338 e. The Morgan fingerprint density at radius 3 is 2.92 bits per heavy atom. The second-order valence-electron chi connectivity index (χ2n) is 6.77. The fourth-order valence-corrected chi connectivity index (χ4v) is 5.38. The molecule has 1 aromatic rings. The first-order valence-corrected chi connectivity index (χ1v) is 10.5. The number of hydrogen-bond acceptors (Lipinski definition) is 4. The van der Waals surface area contributed by atoms with E-state index in [1.165, 1.54) is 0 Å². The second kappa shape index (κ2) is 7.70. The minimum absolute atomic E-state index is 0.0787. The Balaban J connectivity index is 1.51. The van der Waals surface area contributed by atoms with Crippen molar-refractivity contribution in [1.29, 1.82) is 0 Å². The van der Waals surface area contributed by atoms with Gasteiger partial charge in [0.2, 0.25) is 10.0 Å². The van der Waals surface area contributed by atoms with Crippen molar-refractivity contribution in [3.05, 3.63) is 29.6 Å². The number of sulfonamides is 1. The van der Waals surface area contributed by atoms with E-state index in [4.69, 9.17) is 0 Å². The van der Waals surface area contributed by atoms with Crippen molar-refractivity contribution >= 4 is 16.1 Å². The van der Waals surface area contributed by atoms with Gasteiger partial charge in [0.1, 0.15) is 0 Å². The van der Waals surface area contributed by atoms with Gasteiger partial charge in [-0.25, -0.2) is 13.2 Å². The lowest BCUT2D eigenvalue weighted by Crippen LogP contribution is -2.52. The number of piperidine rings is 1. The zero-order chi connectivity index (χ0) is 17.9. The molecule has 3 heterocycles. The predicted octanol–water partition coefficient (Wildman–Crippen LogP) is 1.14. The van der Waals surface area contributed by atoms with Gasteiger partial charge in [0.05, 0.1) is 5.75 Å². The van der Waals surface area contributed by atoms with Crippen LogP contribution in [0.15, 0.2) is 18.3 Å². The summed E-state index contributed by atoms with van der Waals surface area (Å²) in [6.45, 7) is 4.28. The Morgan fingerprint density at radius 2 is 2.20 bits per heavy atom. The number of carbonyl (C=O) groups is 1. The lowest BCUT2D eigenvalue weighted by Gasteiger charge is -2.36. The molecule has 7 nitrogen and oxygen atoms in total. The van der Waals surface area contributed by atoms with E-state index in [9.17, 15) is 13.2 Å². The molecule has 25 heavy (non-hydrogen) atoms. The van der Waals surface area contributed by atoms with Gasteiger partial charge in [0.15, 0.2) is 0 Å². The summed E-state index contributed by atoms with van der Waals surface area (Å²) in [5.74, 6) is 0.235. The van der Waals surface area contributed by atoms with Crippen molar-refractivity contribution in [1.82, 2.24) is 19.5 Å². The van der Waals surface area contributed by atoms with Gasteiger partial charge in [-0.15, -0.1) is 0 Å². The molecule has 2 aliphatic rings. The predicted molar refractivity (Wildman–Crippen MR) is 95.8 cm³/mol. The van der Waals surface area contributed by atoms with E-state index in [-0.39, 0.29) is 17.8 Å². The van der Waals surface area contributed by atoms with Gasteiger partial charge < -0.3 is 10.2 Å². The Hall–Kier alpha value is -1.67. The number of nitrogens with zero attached hydrogens (tertiary/aromatic N) is 3. The van der Waals surface area contributed by atoms with E-state index in [1.54, 1.807) is 15.4 Å². The normalized spacial score (nSPS) is 23.6. The molecule has 1 unspecified atom stereocenters. The molecule has 8 heteroatoms. The highest BCUT2D eigenvalue weighted by Gasteiger charge is 2.37. The summed E-state index contributed by atoms with van der Waals surface area (Å²) in [7, 11) is -3.13. The quantitative estimate of drug-likeness (QED) is 0.866. The molecule has 0 aliphatic carbocycles. The average Bonchev–Trinajstić information content (AvgIpc) is 2.96. The lowest BCUT2D eigenvalue weighted by molar-refractivity contribution is 0.153. The van der Waals surface area contributed by atoms with Crippen molar-refractivity contribution in [3.8, 4) is 0 Å². The van der Waals surface area contributed by atoms with Gasteiger partial charge >= 0.3 is 6.03 Å². The third-order valence-electron chi connectivity index (χ3n) is 4.98. The summed E-state index contributed by atoms with van der Waals surface area (Å²) in [6, 6.07) is 3.72. The van der Waals surface area contributed by atoms with E-state index < -0.39 is 10.0 Å². The average molecular weight is 366 g/mol. The van der Waals surface area contributed by atoms with Gasteiger partial charge in [-0.2, -0.15) is 4.31 Å².